The summed E-state index contributed by atoms with van der Waals surface area (Å²) >= 11 is 0. The summed E-state index contributed by atoms with van der Waals surface area (Å²) in [5.74, 6) is -1.57. The van der Waals surface area contributed by atoms with Crippen LogP contribution in [0.1, 0.15) is 44.5 Å². The minimum atomic E-state index is -0.756. The minimum absolute atomic E-state index is 0.131. The molecule has 0 aliphatic heterocycles. The number of benzene rings is 2. The Balaban J connectivity index is 1.47. The van der Waals surface area contributed by atoms with Crippen LogP contribution in [-0.2, 0) is 6.42 Å². The molecule has 224 valence electrons. The summed E-state index contributed by atoms with van der Waals surface area (Å²) in [4.78, 5) is 48.1. The lowest BCUT2D eigenvalue weighted by Gasteiger charge is -2.17. The first-order valence-electron chi connectivity index (χ1n) is 13.4. The van der Waals surface area contributed by atoms with Crippen LogP contribution in [-0.4, -0.2) is 40.3 Å². The van der Waals surface area contributed by atoms with Crippen molar-refractivity contribution in [1.29, 1.82) is 0 Å². The lowest BCUT2D eigenvalue weighted by molar-refractivity contribution is 0.0991. The molecule has 0 bridgehead atoms. The Morgan fingerprint density at radius 2 is 1.66 bits per heavy atom. The first-order valence-corrected chi connectivity index (χ1v) is 13.4. The van der Waals surface area contributed by atoms with E-state index in [2.05, 4.69) is 9.97 Å². The predicted octanol–water partition coefficient (Wildman–Crippen LogP) is 6.11. The van der Waals surface area contributed by atoms with E-state index in [9.17, 15) is 18.8 Å². The number of hydrogen-bond acceptors (Lipinski definition) is 8. The molecule has 44 heavy (non-hydrogen) atoms. The maximum Gasteiger partial charge on any atom is 0.266 e. The molecule has 0 saturated carbocycles. The first kappa shape index (κ1) is 30.0. The maximum absolute atomic E-state index is 15.3. The number of ketones is 2. The van der Waals surface area contributed by atoms with E-state index in [0.29, 0.717) is 33.7 Å². The fourth-order valence-corrected chi connectivity index (χ4v) is 4.94. The molecule has 11 heteroatoms. The zero-order valence-corrected chi connectivity index (χ0v) is 24.5. The molecule has 0 atom stereocenters. The van der Waals surface area contributed by atoms with Gasteiger partial charge in [-0.2, -0.15) is 0 Å². The van der Waals surface area contributed by atoms with Gasteiger partial charge in [-0.3, -0.25) is 23.9 Å². The van der Waals surface area contributed by atoms with Crippen LogP contribution >= 0.6 is 0 Å². The van der Waals surface area contributed by atoms with Crippen molar-refractivity contribution in [3.63, 3.8) is 0 Å². The zero-order chi connectivity index (χ0) is 31.7. The van der Waals surface area contributed by atoms with Crippen LogP contribution in [0.25, 0.3) is 16.7 Å². The highest BCUT2D eigenvalue weighted by Crippen LogP contribution is 2.34. The van der Waals surface area contributed by atoms with Crippen LogP contribution in [0.4, 0.5) is 8.78 Å². The second kappa shape index (κ2) is 12.0. The molecule has 3 aromatic heterocycles. The molecule has 0 fully saturated rings. The van der Waals surface area contributed by atoms with Crippen molar-refractivity contribution in [1.82, 2.24) is 14.5 Å². The first-order chi connectivity index (χ1) is 21.0. The van der Waals surface area contributed by atoms with Gasteiger partial charge in [0.25, 0.3) is 11.4 Å². The third-order valence-electron chi connectivity index (χ3n) is 7.13. The van der Waals surface area contributed by atoms with E-state index in [1.165, 1.54) is 74.4 Å². The summed E-state index contributed by atoms with van der Waals surface area (Å²) in [6.45, 7) is 4.53. The Hall–Kier alpha value is -5.45. The van der Waals surface area contributed by atoms with Gasteiger partial charge in [0.05, 0.1) is 31.0 Å². The lowest BCUT2D eigenvalue weighted by Crippen LogP contribution is -2.30. The van der Waals surface area contributed by atoms with Gasteiger partial charge in [-0.25, -0.2) is 13.8 Å². The van der Waals surface area contributed by atoms with Gasteiger partial charge in [-0.05, 0) is 68.3 Å². The third kappa shape index (κ3) is 5.63. The molecule has 5 aromatic rings. The summed E-state index contributed by atoms with van der Waals surface area (Å²) in [5, 5.41) is 0. The summed E-state index contributed by atoms with van der Waals surface area (Å²) < 4.78 is 46.6. The number of fused-ring (bicyclic) bond motifs is 1. The van der Waals surface area contributed by atoms with Crippen LogP contribution < -0.4 is 19.8 Å². The summed E-state index contributed by atoms with van der Waals surface area (Å²) in [6.07, 6.45) is 1.15. The van der Waals surface area contributed by atoms with Crippen LogP contribution in [0.15, 0.2) is 65.6 Å². The Kier molecular flexibility index (Phi) is 8.21. The molecule has 3 heterocycles. The van der Waals surface area contributed by atoms with E-state index in [4.69, 9.17) is 14.2 Å². The van der Waals surface area contributed by atoms with Gasteiger partial charge in [0.1, 0.15) is 11.3 Å². The molecule has 0 aliphatic carbocycles. The van der Waals surface area contributed by atoms with Gasteiger partial charge < -0.3 is 14.2 Å². The zero-order valence-electron chi connectivity index (χ0n) is 24.5. The fraction of sp³-hybridized carbons (Fsp3) is 0.182. The number of Topliss-reactive ketones (excluding diaryl/α,β-unsaturated/α-hetero) is 2. The average molecular weight is 600 g/mol. The topological polar surface area (TPSA) is 110 Å². The molecule has 0 radical (unpaired) electrons. The number of hydrogen-bond donors (Lipinski definition) is 0. The number of pyridine rings is 3. The molecule has 0 aliphatic rings. The second-order valence-electron chi connectivity index (χ2n) is 10.0. The van der Waals surface area contributed by atoms with E-state index in [-0.39, 0.29) is 46.3 Å². The highest BCUT2D eigenvalue weighted by Gasteiger charge is 2.22. The number of carbonyl (C=O) groups is 2. The molecule has 0 unspecified atom stereocenters. The summed E-state index contributed by atoms with van der Waals surface area (Å²) in [7, 11) is 2.90. The van der Waals surface area contributed by atoms with Crippen molar-refractivity contribution in [3.8, 4) is 28.8 Å². The van der Waals surface area contributed by atoms with Gasteiger partial charge in [0, 0.05) is 36.0 Å². The van der Waals surface area contributed by atoms with Gasteiger partial charge in [0.2, 0.25) is 0 Å². The summed E-state index contributed by atoms with van der Waals surface area (Å²) in [6, 6.07) is 12.3. The standard InChI is InChI=1S/C33H27F2N3O6/c1-17-12-21(34)7-8-26(17)38-18(2)22(19(3)39)15-23(33(38)41)27(40)14-20-6-9-28(24(35)13-20)44-29-10-11-36-25-16-30(42-4)32(43-5)37-31(25)29/h6-13,15-16H,14H2,1-5H3. The van der Waals surface area contributed by atoms with Gasteiger partial charge >= 0.3 is 0 Å². The molecule has 0 spiro atoms. The Morgan fingerprint density at radius 3 is 2.32 bits per heavy atom. The van der Waals surface area contributed by atoms with Crippen molar-refractivity contribution in [2.45, 2.75) is 27.2 Å². The van der Waals surface area contributed by atoms with Crippen molar-refractivity contribution in [2.24, 2.45) is 0 Å². The van der Waals surface area contributed by atoms with Crippen molar-refractivity contribution in [2.75, 3.05) is 14.2 Å². The third-order valence-corrected chi connectivity index (χ3v) is 7.13. The Labute approximate surface area is 250 Å². The van der Waals surface area contributed by atoms with Gasteiger partial charge in [-0.1, -0.05) is 6.07 Å². The van der Waals surface area contributed by atoms with Crippen molar-refractivity contribution in [3.05, 3.63) is 111 Å². The normalized spacial score (nSPS) is 11.0. The Morgan fingerprint density at radius 1 is 0.886 bits per heavy atom. The van der Waals surface area contributed by atoms with E-state index in [0.717, 1.165) is 6.07 Å². The second-order valence-corrected chi connectivity index (χ2v) is 10.0. The van der Waals surface area contributed by atoms with Crippen LogP contribution in [0, 0.1) is 25.5 Å². The van der Waals surface area contributed by atoms with Crippen LogP contribution in [0.2, 0.25) is 0 Å². The average Bonchev–Trinajstić information content (AvgIpc) is 2.98. The number of carbonyl (C=O) groups excluding carboxylic acids is 2. The molecule has 9 nitrogen and oxygen atoms in total. The molecule has 0 amide bonds. The number of rotatable bonds is 9. The largest absolute Gasteiger partial charge is 0.491 e. The molecule has 0 N–H and O–H groups in total. The van der Waals surface area contributed by atoms with Crippen LogP contribution in [0.5, 0.6) is 23.1 Å². The number of nitrogens with zero attached hydrogens (tertiary/aromatic N) is 3. The van der Waals surface area contributed by atoms with E-state index < -0.39 is 23.0 Å². The lowest BCUT2D eigenvalue weighted by atomic mass is 9.99. The quantitative estimate of drug-likeness (QED) is 0.187. The van der Waals surface area contributed by atoms with E-state index in [1.807, 2.05) is 0 Å². The van der Waals surface area contributed by atoms with E-state index in [1.54, 1.807) is 19.9 Å². The number of aryl methyl sites for hydroxylation is 1. The van der Waals surface area contributed by atoms with Gasteiger partial charge in [0.15, 0.2) is 34.6 Å². The molecular formula is C33H27F2N3O6. The fourth-order valence-electron chi connectivity index (χ4n) is 4.94. The Bertz CT molecular complexity index is 2020. The molecular weight excluding hydrogens is 572 g/mol. The highest BCUT2D eigenvalue weighted by molar-refractivity contribution is 6.01. The number of aromatic nitrogens is 3. The SMILES string of the molecule is COc1cc2nccc(Oc3ccc(CC(=O)c4cc(C(C)=O)c(C)n(-c5ccc(F)cc5C)c4=O)cc3F)c2nc1OC. The van der Waals surface area contributed by atoms with Crippen molar-refractivity contribution < 1.29 is 32.6 Å². The summed E-state index contributed by atoms with van der Waals surface area (Å²) in [5.41, 5.74) is 1.38. The number of ether oxygens (including phenoxy) is 3. The van der Waals surface area contributed by atoms with Crippen molar-refractivity contribution >= 4 is 22.6 Å². The predicted molar refractivity (Wildman–Crippen MR) is 159 cm³/mol. The number of halogens is 2. The molecule has 2 aromatic carbocycles. The maximum atomic E-state index is 15.3. The van der Waals surface area contributed by atoms with Gasteiger partial charge in [-0.15, -0.1) is 0 Å². The van der Waals surface area contributed by atoms with Crippen LogP contribution in [0.3, 0.4) is 0 Å². The smallest absolute Gasteiger partial charge is 0.266 e. The number of methoxy groups -OCH3 is 2. The highest BCUT2D eigenvalue weighted by atomic mass is 19.1. The monoisotopic (exact) mass is 599 g/mol. The molecule has 0 saturated heterocycles. The molecule has 5 rings (SSSR count). The minimum Gasteiger partial charge on any atom is -0.491 e. The van der Waals surface area contributed by atoms with E-state index >= 15 is 4.39 Å².